The monoisotopic (exact) mass is 277 g/mol. The maximum Gasteiger partial charge on any atom is 0.0992 e. The highest BCUT2D eigenvalue weighted by Gasteiger charge is 2.07. The molecule has 0 aromatic heterocycles. The zero-order chi connectivity index (χ0) is 13.1. The average Bonchev–Trinajstić information content (AvgIpc) is 2.37. The molecule has 0 saturated heterocycles. The van der Waals surface area contributed by atoms with Gasteiger partial charge in [0, 0.05) is 0 Å². The molecule has 0 bridgehead atoms. The molecule has 0 atom stereocenters. The Hall–Kier alpha value is -1.89. The van der Waals surface area contributed by atoms with E-state index in [0.717, 1.165) is 0 Å². The van der Waals surface area contributed by atoms with Gasteiger partial charge in [0.15, 0.2) is 0 Å². The number of nitrogen functional groups attached to an aromatic ring is 1. The molecule has 0 aliphatic carbocycles. The minimum absolute atomic E-state index is 0.418. The molecule has 0 fully saturated rings. The molecule has 3 N–H and O–H groups in total. The van der Waals surface area contributed by atoms with E-state index < -0.39 is 0 Å². The van der Waals surface area contributed by atoms with Crippen LogP contribution in [0.2, 0.25) is 10.0 Å². The Kier molecular flexibility index (Phi) is 3.61. The van der Waals surface area contributed by atoms with Gasteiger partial charge in [0.25, 0.3) is 0 Å². The second-order valence-corrected chi connectivity index (χ2v) is 4.43. The van der Waals surface area contributed by atoms with Gasteiger partial charge in [-0.25, -0.2) is 0 Å². The van der Waals surface area contributed by atoms with Crippen LogP contribution >= 0.6 is 23.2 Å². The summed E-state index contributed by atoms with van der Waals surface area (Å²) in [6.45, 7) is 0. The number of nitrogens with one attached hydrogen (secondary N) is 1. The SMILES string of the molecule is N#Cc1ccc(N)c(Nc2cccc(Cl)c2Cl)c1. The van der Waals surface area contributed by atoms with Crippen molar-refractivity contribution in [2.24, 2.45) is 0 Å². The smallest absolute Gasteiger partial charge is 0.0992 e. The van der Waals surface area contributed by atoms with E-state index in [4.69, 9.17) is 34.2 Å². The zero-order valence-electron chi connectivity index (χ0n) is 9.24. The van der Waals surface area contributed by atoms with Crippen molar-refractivity contribution in [3.05, 3.63) is 52.0 Å². The van der Waals surface area contributed by atoms with Crippen LogP contribution in [0.4, 0.5) is 17.1 Å². The topological polar surface area (TPSA) is 61.8 Å². The Balaban J connectivity index is 2.40. The molecule has 2 rings (SSSR count). The molecule has 3 nitrogen and oxygen atoms in total. The molecule has 5 heteroatoms. The molecule has 0 aliphatic rings. The van der Waals surface area contributed by atoms with Crippen LogP contribution in [0.3, 0.4) is 0 Å². The third kappa shape index (κ3) is 2.51. The lowest BCUT2D eigenvalue weighted by Gasteiger charge is -2.11. The van der Waals surface area contributed by atoms with Gasteiger partial charge in [0.2, 0.25) is 0 Å². The summed E-state index contributed by atoms with van der Waals surface area (Å²) in [5.74, 6) is 0. The van der Waals surface area contributed by atoms with E-state index in [1.54, 1.807) is 36.4 Å². The van der Waals surface area contributed by atoms with E-state index in [1.165, 1.54) is 0 Å². The van der Waals surface area contributed by atoms with Gasteiger partial charge < -0.3 is 11.1 Å². The number of nitriles is 1. The molecule has 0 spiro atoms. The second-order valence-electron chi connectivity index (χ2n) is 3.64. The summed E-state index contributed by atoms with van der Waals surface area (Å²) in [5.41, 5.74) is 8.15. The Bertz CT molecular complexity index is 633. The normalized spacial score (nSPS) is 9.83. The van der Waals surface area contributed by atoms with Crippen molar-refractivity contribution in [1.82, 2.24) is 0 Å². The van der Waals surface area contributed by atoms with Crippen LogP contribution in [0.25, 0.3) is 0 Å². The van der Waals surface area contributed by atoms with Crippen molar-refractivity contribution in [2.45, 2.75) is 0 Å². The van der Waals surface area contributed by atoms with E-state index in [0.29, 0.717) is 32.7 Å². The standard InChI is InChI=1S/C13H9Cl2N3/c14-9-2-1-3-11(13(9)15)18-12-6-8(7-16)4-5-10(12)17/h1-6,18H,17H2. The molecule has 0 unspecified atom stereocenters. The highest BCUT2D eigenvalue weighted by molar-refractivity contribution is 6.43. The molecule has 2 aromatic rings. The first-order valence-electron chi connectivity index (χ1n) is 5.12. The summed E-state index contributed by atoms with van der Waals surface area (Å²) in [6, 6.07) is 12.3. The van der Waals surface area contributed by atoms with Gasteiger partial charge in [0.1, 0.15) is 0 Å². The number of hydrogen-bond donors (Lipinski definition) is 2. The number of rotatable bonds is 2. The summed E-state index contributed by atoms with van der Waals surface area (Å²) in [4.78, 5) is 0. The van der Waals surface area contributed by atoms with Crippen molar-refractivity contribution in [1.29, 1.82) is 5.26 Å². The van der Waals surface area contributed by atoms with Gasteiger partial charge in [0.05, 0.1) is 38.7 Å². The van der Waals surface area contributed by atoms with Crippen molar-refractivity contribution in [2.75, 3.05) is 11.1 Å². The molecule has 0 amide bonds. The number of anilines is 3. The molecule has 0 radical (unpaired) electrons. The number of nitrogens with two attached hydrogens (primary N) is 1. The molecule has 0 saturated carbocycles. The Labute approximate surface area is 115 Å². The fourth-order valence-electron chi connectivity index (χ4n) is 1.48. The van der Waals surface area contributed by atoms with Crippen molar-refractivity contribution >= 4 is 40.3 Å². The van der Waals surface area contributed by atoms with E-state index >= 15 is 0 Å². The number of nitrogens with zero attached hydrogens (tertiary/aromatic N) is 1. The van der Waals surface area contributed by atoms with E-state index in [2.05, 4.69) is 11.4 Å². The van der Waals surface area contributed by atoms with Crippen LogP contribution in [0, 0.1) is 11.3 Å². The summed E-state index contributed by atoms with van der Waals surface area (Å²) < 4.78 is 0. The average molecular weight is 278 g/mol. The summed E-state index contributed by atoms with van der Waals surface area (Å²) in [7, 11) is 0. The fourth-order valence-corrected chi connectivity index (χ4v) is 1.83. The largest absolute Gasteiger partial charge is 0.397 e. The first kappa shape index (κ1) is 12.6. The molecular formula is C13H9Cl2N3. The van der Waals surface area contributed by atoms with E-state index in [9.17, 15) is 0 Å². The van der Waals surface area contributed by atoms with E-state index in [-0.39, 0.29) is 0 Å². The minimum Gasteiger partial charge on any atom is -0.397 e. The first-order chi connectivity index (χ1) is 8.61. The summed E-state index contributed by atoms with van der Waals surface area (Å²) >= 11 is 12.0. The zero-order valence-corrected chi connectivity index (χ0v) is 10.8. The lowest BCUT2D eigenvalue weighted by molar-refractivity contribution is 1.47. The Morgan fingerprint density at radius 1 is 1.11 bits per heavy atom. The predicted octanol–water partition coefficient (Wildman–Crippen LogP) is 4.19. The fraction of sp³-hybridized carbons (Fsp3) is 0. The van der Waals surface area contributed by atoms with Gasteiger partial charge in [-0.05, 0) is 30.3 Å². The van der Waals surface area contributed by atoms with Crippen LogP contribution < -0.4 is 11.1 Å². The van der Waals surface area contributed by atoms with Crippen LogP contribution in [0.5, 0.6) is 0 Å². The van der Waals surface area contributed by atoms with Crippen molar-refractivity contribution in [3.8, 4) is 6.07 Å². The van der Waals surface area contributed by atoms with Crippen LogP contribution in [0.1, 0.15) is 5.56 Å². The molecular weight excluding hydrogens is 269 g/mol. The van der Waals surface area contributed by atoms with Crippen LogP contribution in [-0.4, -0.2) is 0 Å². The van der Waals surface area contributed by atoms with Crippen molar-refractivity contribution in [3.63, 3.8) is 0 Å². The molecule has 2 aromatic carbocycles. The number of halogens is 2. The quantitative estimate of drug-likeness (QED) is 0.809. The number of benzene rings is 2. The van der Waals surface area contributed by atoms with Gasteiger partial charge in [-0.15, -0.1) is 0 Å². The highest BCUT2D eigenvalue weighted by Crippen LogP contribution is 2.33. The van der Waals surface area contributed by atoms with E-state index in [1.807, 2.05) is 0 Å². The third-order valence-electron chi connectivity index (χ3n) is 2.40. The molecule has 0 heterocycles. The molecule has 0 aliphatic heterocycles. The summed E-state index contributed by atoms with van der Waals surface area (Å²) in [6.07, 6.45) is 0. The molecule has 90 valence electrons. The van der Waals surface area contributed by atoms with Crippen molar-refractivity contribution < 1.29 is 0 Å². The second kappa shape index (κ2) is 5.18. The predicted molar refractivity (Wildman–Crippen MR) is 75.3 cm³/mol. The lowest BCUT2D eigenvalue weighted by atomic mass is 10.2. The maximum atomic E-state index is 8.85. The van der Waals surface area contributed by atoms with Crippen LogP contribution in [-0.2, 0) is 0 Å². The van der Waals surface area contributed by atoms with Gasteiger partial charge in [-0.3, -0.25) is 0 Å². The number of hydrogen-bond acceptors (Lipinski definition) is 3. The third-order valence-corrected chi connectivity index (χ3v) is 3.22. The van der Waals surface area contributed by atoms with Gasteiger partial charge in [-0.1, -0.05) is 29.3 Å². The summed E-state index contributed by atoms with van der Waals surface area (Å²) in [5, 5.41) is 12.8. The van der Waals surface area contributed by atoms with Crippen LogP contribution in [0.15, 0.2) is 36.4 Å². The first-order valence-corrected chi connectivity index (χ1v) is 5.88. The minimum atomic E-state index is 0.418. The Morgan fingerprint density at radius 3 is 2.61 bits per heavy atom. The van der Waals surface area contributed by atoms with Gasteiger partial charge in [-0.2, -0.15) is 5.26 Å². The molecule has 18 heavy (non-hydrogen) atoms. The van der Waals surface area contributed by atoms with Gasteiger partial charge >= 0.3 is 0 Å². The lowest BCUT2D eigenvalue weighted by Crippen LogP contribution is -1.97. The highest BCUT2D eigenvalue weighted by atomic mass is 35.5. The maximum absolute atomic E-state index is 8.85. The Morgan fingerprint density at radius 2 is 1.89 bits per heavy atom.